The summed E-state index contributed by atoms with van der Waals surface area (Å²) in [5, 5.41) is 0. The third-order valence-corrected chi connectivity index (χ3v) is 2.77. The third-order valence-electron chi connectivity index (χ3n) is 2.77. The normalized spacial score (nSPS) is 27.2. The van der Waals surface area contributed by atoms with Crippen molar-refractivity contribution in [2.75, 3.05) is 13.0 Å². The second-order valence-corrected chi connectivity index (χ2v) is 3.87. The van der Waals surface area contributed by atoms with Crippen LogP contribution in [0.25, 0.3) is 0 Å². The molecule has 2 atom stereocenters. The Balaban J connectivity index is 2.59. The molecule has 0 amide bonds. The van der Waals surface area contributed by atoms with Crippen LogP contribution in [-0.4, -0.2) is 36.9 Å². The molecule has 0 saturated carbocycles. The molecule has 0 aromatic rings. The van der Waals surface area contributed by atoms with Crippen molar-refractivity contribution in [1.29, 1.82) is 0 Å². The molecule has 1 fully saturated rings. The van der Waals surface area contributed by atoms with E-state index >= 15 is 0 Å². The number of carbonyl (C=O) groups excluding carboxylic acids is 1. The van der Waals surface area contributed by atoms with Crippen molar-refractivity contribution >= 4 is 12.9 Å². The number of likely N-dealkylation sites (tertiary alicyclic amines) is 1. The Morgan fingerprint density at radius 1 is 1.71 bits per heavy atom. The summed E-state index contributed by atoms with van der Waals surface area (Å²) in [4.78, 5) is 13.3. The molecule has 4 heteroatoms. The Kier molecular flexibility index (Phi) is 4.20. The van der Waals surface area contributed by atoms with Crippen LogP contribution in [0.2, 0.25) is 0 Å². The molecule has 1 heterocycles. The van der Waals surface area contributed by atoms with Crippen molar-refractivity contribution < 1.29 is 9.50 Å². The molecule has 1 aliphatic heterocycles. The second-order valence-electron chi connectivity index (χ2n) is 3.87. The minimum atomic E-state index is -0.0508. The van der Waals surface area contributed by atoms with Crippen LogP contribution in [0.5, 0.6) is 0 Å². The number of ketones is 1. The van der Waals surface area contributed by atoms with E-state index in [0.717, 1.165) is 26.5 Å². The van der Waals surface area contributed by atoms with Gasteiger partial charge in [0.2, 0.25) is 0 Å². The molecular formula is C10H16BNO2. The number of nitrogens with zero attached hydrogens (tertiary/aromatic N) is 1. The molecule has 0 aromatic heterocycles. The molecule has 1 saturated heterocycles. The zero-order chi connectivity index (χ0) is 10.6. The quantitative estimate of drug-likeness (QED) is 0.479. The summed E-state index contributed by atoms with van der Waals surface area (Å²) in [5.74, 6) is 0.653. The first-order chi connectivity index (χ1) is 6.69. The minimum absolute atomic E-state index is 0.0508. The third kappa shape index (κ3) is 2.61. The molecular weight excluding hydrogens is 177 g/mol. The second kappa shape index (κ2) is 5.20. The molecule has 3 nitrogen and oxygen atoms in total. The molecule has 0 aromatic carbocycles. The average molecular weight is 193 g/mol. The first-order valence-electron chi connectivity index (χ1n) is 4.98. The number of rotatable bonds is 5. The molecule has 2 unspecified atom stereocenters. The van der Waals surface area contributed by atoms with Gasteiger partial charge in [-0.25, -0.2) is 0 Å². The fourth-order valence-electron chi connectivity index (χ4n) is 2.13. The van der Waals surface area contributed by atoms with Crippen LogP contribution in [-0.2, 0) is 9.50 Å². The van der Waals surface area contributed by atoms with Crippen molar-refractivity contribution in [3.05, 3.63) is 12.7 Å². The molecule has 1 aliphatic rings. The van der Waals surface area contributed by atoms with Crippen molar-refractivity contribution in [1.82, 2.24) is 4.90 Å². The number of Topliss-reactive ketones (excluding diaryl/α,β-unsaturated/α-hetero) is 1. The molecule has 0 aliphatic carbocycles. The maximum absolute atomic E-state index is 11.3. The van der Waals surface area contributed by atoms with Crippen molar-refractivity contribution in [3.63, 3.8) is 0 Å². The van der Waals surface area contributed by atoms with Gasteiger partial charge >= 0.3 is 84.7 Å². The van der Waals surface area contributed by atoms with E-state index in [1.54, 1.807) is 6.92 Å². The van der Waals surface area contributed by atoms with Crippen LogP contribution in [0, 0.1) is 5.92 Å². The van der Waals surface area contributed by atoms with E-state index in [4.69, 9.17) is 0 Å². The van der Waals surface area contributed by atoms with Crippen molar-refractivity contribution in [3.8, 4) is 0 Å². The van der Waals surface area contributed by atoms with Crippen LogP contribution >= 0.6 is 0 Å². The van der Waals surface area contributed by atoms with E-state index < -0.39 is 0 Å². The van der Waals surface area contributed by atoms with Gasteiger partial charge in [0.25, 0.3) is 0 Å². The fraction of sp³-hybridized carbons (Fsp3) is 0.700. The van der Waals surface area contributed by atoms with E-state index in [1.165, 1.54) is 0 Å². The molecule has 0 N–H and O–H groups in total. The summed E-state index contributed by atoms with van der Waals surface area (Å²) >= 11 is 0. The first-order valence-corrected chi connectivity index (χ1v) is 4.98. The monoisotopic (exact) mass is 193 g/mol. The van der Waals surface area contributed by atoms with Crippen LogP contribution in [0.3, 0.4) is 0 Å². The van der Waals surface area contributed by atoms with Gasteiger partial charge in [0.15, 0.2) is 0 Å². The summed E-state index contributed by atoms with van der Waals surface area (Å²) in [6.07, 6.45) is 4.05. The van der Waals surface area contributed by atoms with Gasteiger partial charge < -0.3 is 0 Å². The van der Waals surface area contributed by atoms with Crippen LogP contribution in [0.1, 0.15) is 19.8 Å². The summed E-state index contributed by atoms with van der Waals surface area (Å²) in [5.41, 5.74) is 0. The van der Waals surface area contributed by atoms with Gasteiger partial charge in [-0.2, -0.15) is 0 Å². The fourth-order valence-corrected chi connectivity index (χ4v) is 2.13. The molecule has 0 radical (unpaired) electrons. The number of carbonyl (C=O) groups is 1. The zero-order valence-corrected chi connectivity index (χ0v) is 8.61. The van der Waals surface area contributed by atoms with Crippen molar-refractivity contribution in [2.45, 2.75) is 25.8 Å². The van der Waals surface area contributed by atoms with Crippen LogP contribution in [0.4, 0.5) is 0 Å². The molecule has 1 rings (SSSR count). The van der Waals surface area contributed by atoms with Gasteiger partial charge in [0, 0.05) is 0 Å². The Bertz CT molecular complexity index is 242. The standard InChI is InChI=1S/C10H16BNO2/c1-3-4-9-5-10(8(2)13)12(6-9)7-11-14/h3,9-10H,1,4-7H2,2H3. The van der Waals surface area contributed by atoms with E-state index in [0.29, 0.717) is 12.4 Å². The van der Waals surface area contributed by atoms with Gasteiger partial charge in [-0.3, -0.25) is 0 Å². The van der Waals surface area contributed by atoms with Gasteiger partial charge in [0.1, 0.15) is 0 Å². The number of allylic oxidation sites excluding steroid dienone is 1. The first kappa shape index (κ1) is 11.3. The Morgan fingerprint density at radius 3 is 2.93 bits per heavy atom. The summed E-state index contributed by atoms with van der Waals surface area (Å²) < 4.78 is 10.4. The number of hydrogen-bond donors (Lipinski definition) is 0. The van der Waals surface area contributed by atoms with Crippen LogP contribution < -0.4 is 0 Å². The van der Waals surface area contributed by atoms with Crippen LogP contribution in [0.15, 0.2) is 12.7 Å². The summed E-state index contributed by atoms with van der Waals surface area (Å²) in [6, 6.07) is -0.0508. The Hall–Kier alpha value is -0.765. The molecule has 0 spiro atoms. The summed E-state index contributed by atoms with van der Waals surface area (Å²) in [7, 11) is 0.867. The van der Waals surface area contributed by atoms with Gasteiger partial charge in [0.05, 0.1) is 0 Å². The predicted molar refractivity (Wildman–Crippen MR) is 55.4 cm³/mol. The van der Waals surface area contributed by atoms with E-state index in [-0.39, 0.29) is 11.8 Å². The van der Waals surface area contributed by atoms with E-state index in [1.807, 2.05) is 11.0 Å². The van der Waals surface area contributed by atoms with Crippen molar-refractivity contribution in [2.24, 2.45) is 5.92 Å². The SMILES string of the molecule is C=CCC1CC(C(C)=O)N(CB=O)C1. The summed E-state index contributed by atoms with van der Waals surface area (Å²) in [6.45, 7) is 6.13. The average Bonchev–Trinajstić information content (AvgIpc) is 2.49. The van der Waals surface area contributed by atoms with Gasteiger partial charge in [-0.15, -0.1) is 0 Å². The topological polar surface area (TPSA) is 37.4 Å². The Labute approximate surface area is 85.4 Å². The molecule has 0 bridgehead atoms. The van der Waals surface area contributed by atoms with E-state index in [2.05, 4.69) is 6.58 Å². The molecule has 76 valence electrons. The molecule has 14 heavy (non-hydrogen) atoms. The van der Waals surface area contributed by atoms with E-state index in [9.17, 15) is 9.50 Å². The maximum atomic E-state index is 11.3. The zero-order valence-electron chi connectivity index (χ0n) is 8.61. The van der Waals surface area contributed by atoms with Gasteiger partial charge in [-0.1, -0.05) is 0 Å². The number of hydrogen-bond acceptors (Lipinski definition) is 3. The predicted octanol–water partition coefficient (Wildman–Crippen LogP) is 0.849. The van der Waals surface area contributed by atoms with Gasteiger partial charge in [-0.05, 0) is 0 Å². The Morgan fingerprint density at radius 2 is 2.43 bits per heavy atom.